The number of carbonyl (C=O) groups excluding carboxylic acids is 1. The van der Waals surface area contributed by atoms with Gasteiger partial charge in [0.15, 0.2) is 0 Å². The number of urea groups is 1. The summed E-state index contributed by atoms with van der Waals surface area (Å²) in [7, 11) is -1.00. The Balaban J connectivity index is 1.54. The van der Waals surface area contributed by atoms with Crippen LogP contribution in [-0.2, 0) is 10.8 Å². The van der Waals surface area contributed by atoms with Crippen molar-refractivity contribution in [3.8, 4) is 0 Å². The number of benzene rings is 1. The first-order valence-corrected chi connectivity index (χ1v) is 9.58. The second-order valence-corrected chi connectivity index (χ2v) is 7.33. The highest BCUT2D eigenvalue weighted by Gasteiger charge is 2.23. The number of hydrogen-bond donors (Lipinski definition) is 1. The average molecular weight is 343 g/mol. The van der Waals surface area contributed by atoms with Gasteiger partial charge >= 0.3 is 6.03 Å². The average Bonchev–Trinajstić information content (AvgIpc) is 2.63. The van der Waals surface area contributed by atoms with Gasteiger partial charge in [-0.3, -0.25) is 9.19 Å². The quantitative estimate of drug-likeness (QED) is 0.931. The Labute approximate surface area is 144 Å². The number of hydrogen-bond acceptors (Lipinski definition) is 3. The third-order valence-electron chi connectivity index (χ3n) is 4.40. The summed E-state index contributed by atoms with van der Waals surface area (Å²) in [4.78, 5) is 19.0. The molecule has 2 heterocycles. The number of piperidine rings is 1. The molecule has 6 heteroatoms. The standard InChI is InChI=1S/C18H21N3O2S/c1-24(23)17-4-2-16(3-5-17)20-18(22)21-12-8-15(9-13-21)14-6-10-19-11-7-14/h2-7,10-11,15H,8-9,12-13H2,1H3,(H,20,22)/t24-/m0/s1. The number of anilines is 1. The number of rotatable bonds is 3. The second-order valence-electron chi connectivity index (χ2n) is 5.95. The number of pyridine rings is 1. The molecule has 1 aliphatic rings. The lowest BCUT2D eigenvalue weighted by molar-refractivity contribution is 0.194. The summed E-state index contributed by atoms with van der Waals surface area (Å²) in [6.45, 7) is 1.49. The molecule has 1 fully saturated rings. The minimum absolute atomic E-state index is 0.0754. The first-order valence-electron chi connectivity index (χ1n) is 8.03. The van der Waals surface area contributed by atoms with E-state index in [4.69, 9.17) is 0 Å². The first-order chi connectivity index (χ1) is 11.6. The molecule has 24 heavy (non-hydrogen) atoms. The van der Waals surface area contributed by atoms with Crippen molar-refractivity contribution in [1.82, 2.24) is 9.88 Å². The van der Waals surface area contributed by atoms with E-state index in [0.717, 1.165) is 36.5 Å². The fourth-order valence-corrected chi connectivity index (χ4v) is 3.50. The van der Waals surface area contributed by atoms with Gasteiger partial charge in [-0.25, -0.2) is 4.79 Å². The summed E-state index contributed by atoms with van der Waals surface area (Å²) in [5, 5.41) is 2.91. The van der Waals surface area contributed by atoms with E-state index in [1.165, 1.54) is 5.56 Å². The van der Waals surface area contributed by atoms with Crippen molar-refractivity contribution in [3.05, 3.63) is 54.4 Å². The summed E-state index contributed by atoms with van der Waals surface area (Å²) in [6.07, 6.45) is 7.21. The Kier molecular flexibility index (Phi) is 5.25. The van der Waals surface area contributed by atoms with Crippen LogP contribution in [0.5, 0.6) is 0 Å². The number of nitrogens with zero attached hydrogens (tertiary/aromatic N) is 2. The van der Waals surface area contributed by atoms with Crippen LogP contribution in [0.15, 0.2) is 53.7 Å². The minimum atomic E-state index is -1.00. The first kappa shape index (κ1) is 16.6. The fourth-order valence-electron chi connectivity index (χ4n) is 2.98. The van der Waals surface area contributed by atoms with Gasteiger partial charge in [-0.15, -0.1) is 0 Å². The molecule has 0 spiro atoms. The van der Waals surface area contributed by atoms with Gasteiger partial charge in [-0.2, -0.15) is 0 Å². The highest BCUT2D eigenvalue weighted by molar-refractivity contribution is 7.84. The zero-order valence-electron chi connectivity index (χ0n) is 13.6. The van der Waals surface area contributed by atoms with Crippen molar-refractivity contribution < 1.29 is 9.00 Å². The molecule has 1 aliphatic heterocycles. The molecule has 1 saturated heterocycles. The van der Waals surface area contributed by atoms with E-state index in [1.54, 1.807) is 30.5 Å². The van der Waals surface area contributed by atoms with Gasteiger partial charge in [0.25, 0.3) is 0 Å². The fraction of sp³-hybridized carbons (Fsp3) is 0.333. The molecular formula is C18H21N3O2S. The van der Waals surface area contributed by atoms with E-state index in [0.29, 0.717) is 5.92 Å². The summed E-state index contributed by atoms with van der Waals surface area (Å²) < 4.78 is 11.4. The number of amides is 2. The predicted octanol–water partition coefficient (Wildman–Crippen LogP) is 3.23. The van der Waals surface area contributed by atoms with E-state index in [1.807, 2.05) is 17.3 Å². The highest BCUT2D eigenvalue weighted by atomic mass is 32.2. The van der Waals surface area contributed by atoms with Gasteiger partial charge in [0.1, 0.15) is 0 Å². The van der Waals surface area contributed by atoms with Crippen molar-refractivity contribution in [2.24, 2.45) is 0 Å². The maximum absolute atomic E-state index is 12.4. The second kappa shape index (κ2) is 7.57. The lowest BCUT2D eigenvalue weighted by atomic mass is 9.90. The molecule has 0 aliphatic carbocycles. The van der Waals surface area contributed by atoms with Crippen LogP contribution in [0.2, 0.25) is 0 Å². The molecule has 126 valence electrons. The third-order valence-corrected chi connectivity index (χ3v) is 5.33. The van der Waals surface area contributed by atoms with Crippen LogP contribution in [0.25, 0.3) is 0 Å². The molecule has 3 rings (SSSR count). The van der Waals surface area contributed by atoms with E-state index in [-0.39, 0.29) is 6.03 Å². The molecule has 1 aromatic carbocycles. The van der Waals surface area contributed by atoms with Gasteiger partial charge in [0, 0.05) is 53.1 Å². The number of nitrogens with one attached hydrogen (secondary N) is 1. The third kappa shape index (κ3) is 4.00. The largest absolute Gasteiger partial charge is 0.324 e. The number of likely N-dealkylation sites (tertiary alicyclic amines) is 1. The molecule has 0 bridgehead atoms. The van der Waals surface area contributed by atoms with Crippen LogP contribution in [-0.4, -0.2) is 39.5 Å². The normalized spacial score (nSPS) is 16.6. The Bertz CT molecular complexity index is 711. The zero-order valence-corrected chi connectivity index (χ0v) is 14.5. The Morgan fingerprint density at radius 3 is 2.33 bits per heavy atom. The van der Waals surface area contributed by atoms with Crippen LogP contribution >= 0.6 is 0 Å². The molecule has 1 atom stereocenters. The minimum Gasteiger partial charge on any atom is -0.324 e. The molecule has 1 aromatic heterocycles. The zero-order chi connectivity index (χ0) is 16.9. The van der Waals surface area contributed by atoms with Gasteiger partial charge in [-0.05, 0) is 60.7 Å². The summed E-state index contributed by atoms with van der Waals surface area (Å²) in [5.41, 5.74) is 2.03. The molecule has 0 radical (unpaired) electrons. The van der Waals surface area contributed by atoms with Gasteiger partial charge in [0.2, 0.25) is 0 Å². The van der Waals surface area contributed by atoms with Crippen LogP contribution in [0.3, 0.4) is 0 Å². The summed E-state index contributed by atoms with van der Waals surface area (Å²) >= 11 is 0. The highest BCUT2D eigenvalue weighted by Crippen LogP contribution is 2.27. The van der Waals surface area contributed by atoms with E-state index >= 15 is 0 Å². The van der Waals surface area contributed by atoms with Gasteiger partial charge in [0.05, 0.1) is 0 Å². The van der Waals surface area contributed by atoms with Crippen molar-refractivity contribution in [2.45, 2.75) is 23.7 Å². The molecule has 2 aromatic rings. The number of carbonyl (C=O) groups is 1. The topological polar surface area (TPSA) is 62.3 Å². The molecule has 2 amide bonds. The van der Waals surface area contributed by atoms with Crippen molar-refractivity contribution in [2.75, 3.05) is 24.7 Å². The summed E-state index contributed by atoms with van der Waals surface area (Å²) in [5.74, 6) is 0.496. The van der Waals surface area contributed by atoms with E-state index in [2.05, 4.69) is 22.4 Å². The van der Waals surface area contributed by atoms with Crippen molar-refractivity contribution >= 4 is 22.5 Å². The SMILES string of the molecule is C[S@](=O)c1ccc(NC(=O)N2CCC(c3ccncc3)CC2)cc1. The monoisotopic (exact) mass is 343 g/mol. The lowest BCUT2D eigenvalue weighted by Crippen LogP contribution is -2.40. The Morgan fingerprint density at radius 1 is 1.12 bits per heavy atom. The van der Waals surface area contributed by atoms with Crippen LogP contribution in [0, 0.1) is 0 Å². The molecule has 1 N–H and O–H groups in total. The van der Waals surface area contributed by atoms with Gasteiger partial charge in [-0.1, -0.05) is 0 Å². The maximum Gasteiger partial charge on any atom is 0.321 e. The molecule has 5 nitrogen and oxygen atoms in total. The van der Waals surface area contributed by atoms with Crippen LogP contribution in [0.1, 0.15) is 24.3 Å². The summed E-state index contributed by atoms with van der Waals surface area (Å²) in [6, 6.07) is 11.2. The molecular weight excluding hydrogens is 322 g/mol. The molecule has 0 saturated carbocycles. The smallest absolute Gasteiger partial charge is 0.321 e. The number of aromatic nitrogens is 1. The van der Waals surface area contributed by atoms with Crippen LogP contribution in [0.4, 0.5) is 10.5 Å². The van der Waals surface area contributed by atoms with Crippen LogP contribution < -0.4 is 5.32 Å². The lowest BCUT2D eigenvalue weighted by Gasteiger charge is -2.32. The van der Waals surface area contributed by atoms with E-state index in [9.17, 15) is 9.00 Å². The van der Waals surface area contributed by atoms with Crippen molar-refractivity contribution in [1.29, 1.82) is 0 Å². The predicted molar refractivity (Wildman–Crippen MR) is 95.6 cm³/mol. The van der Waals surface area contributed by atoms with E-state index < -0.39 is 10.8 Å². The van der Waals surface area contributed by atoms with Gasteiger partial charge < -0.3 is 10.2 Å². The molecule has 0 unspecified atom stereocenters. The Morgan fingerprint density at radius 2 is 1.75 bits per heavy atom. The van der Waals surface area contributed by atoms with Crippen molar-refractivity contribution in [3.63, 3.8) is 0 Å². The Hall–Kier alpha value is -2.21. The maximum atomic E-state index is 12.4.